The molecule has 1 saturated carbocycles. The van der Waals surface area contributed by atoms with Crippen LogP contribution in [-0.2, 0) is 13.2 Å². The van der Waals surface area contributed by atoms with Gasteiger partial charge in [0.2, 0.25) is 0 Å². The number of halogens is 1. The molecule has 0 atom stereocenters. The Bertz CT molecular complexity index is 549. The highest BCUT2D eigenvalue weighted by Crippen LogP contribution is 2.21. The van der Waals surface area contributed by atoms with Crippen LogP contribution in [0.4, 0.5) is 4.39 Å². The number of benzene rings is 1. The lowest BCUT2D eigenvalue weighted by Gasteiger charge is -2.07. The molecule has 0 unspecified atom stereocenters. The smallest absolute Gasteiger partial charge is 0.146 e. The van der Waals surface area contributed by atoms with Crippen molar-refractivity contribution >= 4 is 0 Å². The molecule has 1 aliphatic rings. The number of furan rings is 1. The molecular weight excluding hydrogens is 245 g/mol. The molecule has 4 heteroatoms. The Morgan fingerprint density at radius 3 is 3.00 bits per heavy atom. The van der Waals surface area contributed by atoms with Gasteiger partial charge in [-0.3, -0.25) is 0 Å². The van der Waals surface area contributed by atoms with Crippen LogP contribution in [0.5, 0.6) is 5.75 Å². The third kappa shape index (κ3) is 3.35. The summed E-state index contributed by atoms with van der Waals surface area (Å²) in [7, 11) is 0. The summed E-state index contributed by atoms with van der Waals surface area (Å²) in [6, 6.07) is 8.72. The summed E-state index contributed by atoms with van der Waals surface area (Å²) in [5.74, 6) is 1.00. The maximum absolute atomic E-state index is 13.0. The first-order valence-electron chi connectivity index (χ1n) is 6.48. The van der Waals surface area contributed by atoms with Crippen molar-refractivity contribution in [3.05, 3.63) is 53.7 Å². The fourth-order valence-corrected chi connectivity index (χ4v) is 1.90. The van der Waals surface area contributed by atoms with Gasteiger partial charge in [0.15, 0.2) is 0 Å². The summed E-state index contributed by atoms with van der Waals surface area (Å²) >= 11 is 0. The zero-order chi connectivity index (χ0) is 13.1. The van der Waals surface area contributed by atoms with E-state index in [1.165, 1.54) is 25.0 Å². The Labute approximate surface area is 111 Å². The molecule has 3 nitrogen and oxygen atoms in total. The minimum Gasteiger partial charge on any atom is -0.486 e. The van der Waals surface area contributed by atoms with Crippen molar-refractivity contribution in [1.82, 2.24) is 5.32 Å². The van der Waals surface area contributed by atoms with Gasteiger partial charge in [-0.05, 0) is 31.0 Å². The summed E-state index contributed by atoms with van der Waals surface area (Å²) in [4.78, 5) is 0. The van der Waals surface area contributed by atoms with Crippen molar-refractivity contribution < 1.29 is 13.5 Å². The second kappa shape index (κ2) is 5.45. The molecule has 0 saturated heterocycles. The van der Waals surface area contributed by atoms with E-state index in [-0.39, 0.29) is 5.82 Å². The molecule has 1 aliphatic carbocycles. The Morgan fingerprint density at radius 1 is 1.32 bits per heavy atom. The fourth-order valence-electron chi connectivity index (χ4n) is 1.90. The molecule has 2 aromatic rings. The zero-order valence-electron chi connectivity index (χ0n) is 10.6. The van der Waals surface area contributed by atoms with Gasteiger partial charge in [0.25, 0.3) is 0 Å². The van der Waals surface area contributed by atoms with E-state index in [2.05, 4.69) is 5.32 Å². The number of rotatable bonds is 6. The largest absolute Gasteiger partial charge is 0.486 e. The minimum atomic E-state index is -0.299. The van der Waals surface area contributed by atoms with E-state index in [0.717, 1.165) is 17.9 Å². The van der Waals surface area contributed by atoms with Crippen LogP contribution >= 0.6 is 0 Å². The van der Waals surface area contributed by atoms with Gasteiger partial charge in [0.05, 0.1) is 6.26 Å². The number of ether oxygens (including phenoxy) is 1. The SMILES string of the molecule is Fc1cccc(OCc2occc2CNC2CC2)c1. The van der Waals surface area contributed by atoms with Crippen molar-refractivity contribution in [2.24, 2.45) is 0 Å². The van der Waals surface area contributed by atoms with E-state index in [1.54, 1.807) is 18.4 Å². The Morgan fingerprint density at radius 2 is 2.21 bits per heavy atom. The average molecular weight is 261 g/mol. The fraction of sp³-hybridized carbons (Fsp3) is 0.333. The van der Waals surface area contributed by atoms with Crippen molar-refractivity contribution in [2.45, 2.75) is 32.0 Å². The first-order valence-corrected chi connectivity index (χ1v) is 6.48. The van der Waals surface area contributed by atoms with Crippen LogP contribution < -0.4 is 10.1 Å². The van der Waals surface area contributed by atoms with Crippen molar-refractivity contribution in [3.8, 4) is 5.75 Å². The van der Waals surface area contributed by atoms with Crippen molar-refractivity contribution in [3.63, 3.8) is 0 Å². The van der Waals surface area contributed by atoms with Crippen LogP contribution in [0.15, 0.2) is 41.0 Å². The van der Waals surface area contributed by atoms with E-state index in [1.807, 2.05) is 6.07 Å². The highest BCUT2D eigenvalue weighted by atomic mass is 19.1. The summed E-state index contributed by atoms with van der Waals surface area (Å²) in [6.45, 7) is 1.11. The zero-order valence-corrected chi connectivity index (χ0v) is 10.6. The van der Waals surface area contributed by atoms with Crippen LogP contribution in [0.2, 0.25) is 0 Å². The Kier molecular flexibility index (Phi) is 3.51. The minimum absolute atomic E-state index is 0.299. The molecule has 1 aromatic carbocycles. The maximum atomic E-state index is 13.0. The lowest BCUT2D eigenvalue weighted by molar-refractivity contribution is 0.267. The van der Waals surface area contributed by atoms with Crippen LogP contribution in [0.25, 0.3) is 0 Å². The molecule has 100 valence electrons. The normalized spacial score (nSPS) is 14.6. The predicted molar refractivity (Wildman–Crippen MR) is 69.3 cm³/mol. The predicted octanol–water partition coefficient (Wildman–Crippen LogP) is 3.25. The topological polar surface area (TPSA) is 34.4 Å². The van der Waals surface area contributed by atoms with Crippen LogP contribution in [-0.4, -0.2) is 6.04 Å². The molecule has 0 aliphatic heterocycles. The number of hydrogen-bond acceptors (Lipinski definition) is 3. The molecule has 0 spiro atoms. The van der Waals surface area contributed by atoms with Gasteiger partial charge in [-0.25, -0.2) is 4.39 Å². The van der Waals surface area contributed by atoms with Crippen LogP contribution in [0.3, 0.4) is 0 Å². The van der Waals surface area contributed by atoms with Crippen LogP contribution in [0, 0.1) is 5.82 Å². The van der Waals surface area contributed by atoms with Gasteiger partial charge in [-0.2, -0.15) is 0 Å². The monoisotopic (exact) mass is 261 g/mol. The molecule has 0 amide bonds. The van der Waals surface area contributed by atoms with Crippen LogP contribution in [0.1, 0.15) is 24.2 Å². The molecule has 19 heavy (non-hydrogen) atoms. The highest BCUT2D eigenvalue weighted by molar-refractivity contribution is 5.23. The molecular formula is C15H16FNO2. The summed E-state index contributed by atoms with van der Waals surface area (Å²) in [5.41, 5.74) is 1.10. The quantitative estimate of drug-likeness (QED) is 0.866. The molecule has 1 N–H and O–H groups in total. The molecule has 0 radical (unpaired) electrons. The Hall–Kier alpha value is -1.81. The standard InChI is InChI=1S/C15H16FNO2/c16-12-2-1-3-14(8-12)19-10-15-11(6-7-18-15)9-17-13-4-5-13/h1-3,6-8,13,17H,4-5,9-10H2. The van der Waals surface area contributed by atoms with E-state index in [0.29, 0.717) is 18.4 Å². The lowest BCUT2D eigenvalue weighted by Crippen LogP contribution is -2.16. The Balaban J connectivity index is 1.58. The maximum Gasteiger partial charge on any atom is 0.146 e. The first kappa shape index (κ1) is 12.2. The third-order valence-electron chi connectivity index (χ3n) is 3.16. The lowest BCUT2D eigenvalue weighted by atomic mass is 10.2. The van der Waals surface area contributed by atoms with E-state index in [4.69, 9.17) is 9.15 Å². The third-order valence-corrected chi connectivity index (χ3v) is 3.16. The van der Waals surface area contributed by atoms with E-state index < -0.39 is 0 Å². The number of nitrogens with one attached hydrogen (secondary N) is 1. The highest BCUT2D eigenvalue weighted by Gasteiger charge is 2.20. The number of hydrogen-bond donors (Lipinski definition) is 1. The second-order valence-electron chi connectivity index (χ2n) is 4.77. The second-order valence-corrected chi connectivity index (χ2v) is 4.77. The first-order chi connectivity index (χ1) is 9.31. The molecule has 0 bridgehead atoms. The van der Waals surface area contributed by atoms with Gasteiger partial charge in [0, 0.05) is 24.2 Å². The molecule has 1 aromatic heterocycles. The summed E-state index contributed by atoms with van der Waals surface area (Å²) < 4.78 is 24.0. The van der Waals surface area contributed by atoms with Gasteiger partial charge >= 0.3 is 0 Å². The van der Waals surface area contributed by atoms with Crippen molar-refractivity contribution in [1.29, 1.82) is 0 Å². The average Bonchev–Trinajstić information content (AvgIpc) is 3.13. The van der Waals surface area contributed by atoms with Gasteiger partial charge in [-0.15, -0.1) is 0 Å². The van der Waals surface area contributed by atoms with Gasteiger partial charge in [-0.1, -0.05) is 6.07 Å². The van der Waals surface area contributed by atoms with Gasteiger partial charge in [0.1, 0.15) is 23.9 Å². The molecule has 1 fully saturated rings. The molecule has 1 heterocycles. The summed E-state index contributed by atoms with van der Waals surface area (Å²) in [5, 5.41) is 3.43. The summed E-state index contributed by atoms with van der Waals surface area (Å²) in [6.07, 6.45) is 4.17. The van der Waals surface area contributed by atoms with Gasteiger partial charge < -0.3 is 14.5 Å². The van der Waals surface area contributed by atoms with E-state index >= 15 is 0 Å². The van der Waals surface area contributed by atoms with E-state index in [9.17, 15) is 4.39 Å². The van der Waals surface area contributed by atoms with Crippen molar-refractivity contribution in [2.75, 3.05) is 0 Å². The molecule has 3 rings (SSSR count).